The van der Waals surface area contributed by atoms with Crippen molar-refractivity contribution in [1.29, 1.82) is 0 Å². The highest BCUT2D eigenvalue weighted by atomic mass is 16.4. The molecule has 2 N–H and O–H groups in total. The van der Waals surface area contributed by atoms with Gasteiger partial charge in [-0.05, 0) is 29.3 Å². The number of amides is 1. The molecule has 37 heavy (non-hydrogen) atoms. The molecule has 0 atom stereocenters. The maximum Gasteiger partial charge on any atom is 0.303 e. The summed E-state index contributed by atoms with van der Waals surface area (Å²) in [5.41, 5.74) is 1.21. The average Bonchev–Trinajstić information content (AvgIpc) is 2.91. The molecule has 0 fully saturated rings. The Kier molecular flexibility index (Phi) is 7.20. The second kappa shape index (κ2) is 10.5. The van der Waals surface area contributed by atoms with Crippen LogP contribution in [0, 0.1) is 0 Å². The molecule has 188 valence electrons. The second-order valence-corrected chi connectivity index (χ2v) is 8.78. The number of nitrogens with zero attached hydrogens (tertiary/aromatic N) is 2. The lowest BCUT2D eigenvalue weighted by atomic mass is 9.96. The quantitative estimate of drug-likeness (QED) is 0.353. The number of hydrogen-bond acceptors (Lipinski definition) is 5. The van der Waals surface area contributed by atoms with Gasteiger partial charge in [-0.2, -0.15) is 0 Å². The number of carbonyl (C=O) groups excluding carboxylic acids is 2. The number of hydrogen-bond donors (Lipinski definition) is 2. The molecule has 0 spiro atoms. The van der Waals surface area contributed by atoms with Crippen molar-refractivity contribution in [2.24, 2.45) is 7.05 Å². The highest BCUT2D eigenvalue weighted by Crippen LogP contribution is 2.31. The van der Waals surface area contributed by atoms with Crippen LogP contribution in [0.5, 0.6) is 5.75 Å². The summed E-state index contributed by atoms with van der Waals surface area (Å²) >= 11 is 0. The van der Waals surface area contributed by atoms with Crippen LogP contribution >= 0.6 is 0 Å². The number of carboxylic acid groups (broad SMARTS) is 1. The third-order valence-electron chi connectivity index (χ3n) is 6.40. The fourth-order valence-corrected chi connectivity index (χ4v) is 4.49. The van der Waals surface area contributed by atoms with E-state index in [0.717, 1.165) is 11.1 Å². The van der Waals surface area contributed by atoms with Gasteiger partial charge in [0.15, 0.2) is 5.78 Å². The monoisotopic (exact) mass is 498 g/mol. The van der Waals surface area contributed by atoms with Gasteiger partial charge < -0.3 is 19.7 Å². The van der Waals surface area contributed by atoms with Crippen LogP contribution in [0.25, 0.3) is 10.9 Å². The van der Waals surface area contributed by atoms with Crippen LogP contribution < -0.4 is 5.56 Å². The topological polar surface area (TPSA) is 117 Å². The highest BCUT2D eigenvalue weighted by molar-refractivity contribution is 6.06. The van der Waals surface area contributed by atoms with Crippen LogP contribution in [0.3, 0.4) is 0 Å². The first kappa shape index (κ1) is 25.4. The summed E-state index contributed by atoms with van der Waals surface area (Å²) in [5.74, 6) is -2.85. The van der Waals surface area contributed by atoms with E-state index >= 15 is 0 Å². The number of aliphatic carboxylic acids is 1. The van der Waals surface area contributed by atoms with Crippen molar-refractivity contribution in [2.75, 3.05) is 7.05 Å². The Labute approximate surface area is 213 Å². The number of benzene rings is 3. The highest BCUT2D eigenvalue weighted by Gasteiger charge is 2.26. The summed E-state index contributed by atoms with van der Waals surface area (Å²) in [7, 11) is 3.14. The Morgan fingerprint density at radius 2 is 1.46 bits per heavy atom. The summed E-state index contributed by atoms with van der Waals surface area (Å²) in [4.78, 5) is 51.6. The molecule has 0 bridgehead atoms. The number of aromatic hydroxyl groups is 1. The molecule has 8 nitrogen and oxygen atoms in total. The molecule has 0 unspecified atom stereocenters. The molecule has 4 aromatic rings. The first-order valence-electron chi connectivity index (χ1n) is 11.7. The van der Waals surface area contributed by atoms with Gasteiger partial charge in [0, 0.05) is 31.5 Å². The molecule has 3 aromatic carbocycles. The van der Waals surface area contributed by atoms with Crippen molar-refractivity contribution in [2.45, 2.75) is 18.9 Å². The molecule has 1 heterocycles. The van der Waals surface area contributed by atoms with Crippen molar-refractivity contribution in [3.8, 4) is 5.75 Å². The maximum atomic E-state index is 13.7. The third-order valence-corrected chi connectivity index (χ3v) is 6.40. The van der Waals surface area contributed by atoms with Crippen molar-refractivity contribution in [3.63, 3.8) is 0 Å². The van der Waals surface area contributed by atoms with Crippen LogP contribution in [0.2, 0.25) is 0 Å². The van der Waals surface area contributed by atoms with E-state index in [1.54, 1.807) is 24.1 Å². The molecule has 8 heteroatoms. The van der Waals surface area contributed by atoms with E-state index in [2.05, 4.69) is 0 Å². The van der Waals surface area contributed by atoms with Gasteiger partial charge in [-0.1, -0.05) is 60.7 Å². The molecule has 0 radical (unpaired) electrons. The zero-order valence-electron chi connectivity index (χ0n) is 20.4. The summed E-state index contributed by atoms with van der Waals surface area (Å²) in [6, 6.07) is 23.4. The number of ketones is 1. The SMILES string of the molecule is CN(C(=O)c1ccc2c(c1)c(O)c(C(=O)CCC(=O)O)c(=O)n2C)C(c1ccccc1)c1ccccc1. The van der Waals surface area contributed by atoms with Gasteiger partial charge in [0.05, 0.1) is 18.0 Å². The van der Waals surface area contributed by atoms with Gasteiger partial charge in [-0.15, -0.1) is 0 Å². The zero-order chi connectivity index (χ0) is 26.7. The lowest BCUT2D eigenvalue weighted by molar-refractivity contribution is -0.136. The number of rotatable bonds is 8. The first-order chi connectivity index (χ1) is 17.7. The number of aryl methyl sites for hydroxylation is 1. The Bertz CT molecular complexity index is 1500. The van der Waals surface area contributed by atoms with E-state index in [4.69, 9.17) is 5.11 Å². The Hall–Kier alpha value is -4.72. The van der Waals surface area contributed by atoms with Crippen molar-refractivity contribution in [3.05, 3.63) is 111 Å². The van der Waals surface area contributed by atoms with Crippen LogP contribution in [0.4, 0.5) is 0 Å². The largest absolute Gasteiger partial charge is 0.506 e. The standard InChI is InChI=1S/C29H26N2O6/c1-30-22-14-13-20(17-21(22)27(35)25(29(30)37)23(32)15-16-24(33)34)28(36)31(2)26(18-9-5-3-6-10-18)19-11-7-4-8-12-19/h3-14,17,26,35H,15-16H2,1-2H3,(H,33,34). The first-order valence-corrected chi connectivity index (χ1v) is 11.7. The second-order valence-electron chi connectivity index (χ2n) is 8.78. The van der Waals surface area contributed by atoms with E-state index < -0.39 is 41.5 Å². The minimum absolute atomic E-state index is 0.149. The predicted octanol–water partition coefficient (Wildman–Crippen LogP) is 4.15. The number of Topliss-reactive ketones (excluding diaryl/α,β-unsaturated/α-hetero) is 1. The van der Waals surface area contributed by atoms with E-state index in [9.17, 15) is 24.3 Å². The lowest BCUT2D eigenvalue weighted by Gasteiger charge is -2.29. The lowest BCUT2D eigenvalue weighted by Crippen LogP contribution is -2.32. The van der Waals surface area contributed by atoms with Crippen molar-refractivity contribution < 1.29 is 24.6 Å². The summed E-state index contributed by atoms with van der Waals surface area (Å²) in [6.07, 6.45) is -0.899. The minimum Gasteiger partial charge on any atom is -0.506 e. The van der Waals surface area contributed by atoms with E-state index in [1.165, 1.54) is 17.7 Å². The summed E-state index contributed by atoms with van der Waals surface area (Å²) in [5, 5.41) is 19.9. The molecule has 0 aliphatic carbocycles. The molecule has 4 rings (SSSR count). The maximum absolute atomic E-state index is 13.7. The fourth-order valence-electron chi connectivity index (χ4n) is 4.49. The van der Waals surface area contributed by atoms with Gasteiger partial charge in [0.25, 0.3) is 11.5 Å². The van der Waals surface area contributed by atoms with E-state index in [0.29, 0.717) is 5.52 Å². The molecule has 0 saturated carbocycles. The predicted molar refractivity (Wildman–Crippen MR) is 139 cm³/mol. The third kappa shape index (κ3) is 4.99. The number of fused-ring (bicyclic) bond motifs is 1. The van der Waals surface area contributed by atoms with Crippen LogP contribution in [-0.4, -0.2) is 44.4 Å². The zero-order valence-corrected chi connectivity index (χ0v) is 20.4. The smallest absolute Gasteiger partial charge is 0.303 e. The summed E-state index contributed by atoms with van der Waals surface area (Å²) < 4.78 is 1.21. The Morgan fingerprint density at radius 1 is 0.892 bits per heavy atom. The van der Waals surface area contributed by atoms with Crippen LogP contribution in [0.1, 0.15) is 50.7 Å². The van der Waals surface area contributed by atoms with Gasteiger partial charge in [0.2, 0.25) is 0 Å². The number of carboxylic acids is 1. The normalized spacial score (nSPS) is 11.0. The molecule has 0 aliphatic heterocycles. The van der Waals surface area contributed by atoms with Gasteiger partial charge in [-0.3, -0.25) is 19.2 Å². The van der Waals surface area contributed by atoms with Crippen molar-refractivity contribution >= 4 is 28.6 Å². The Balaban J connectivity index is 1.78. The molecule has 0 aliphatic rings. The molecule has 1 amide bonds. The van der Waals surface area contributed by atoms with E-state index in [1.807, 2.05) is 60.7 Å². The van der Waals surface area contributed by atoms with Gasteiger partial charge in [-0.25, -0.2) is 0 Å². The van der Waals surface area contributed by atoms with E-state index in [-0.39, 0.29) is 22.9 Å². The molecular weight excluding hydrogens is 472 g/mol. The van der Waals surface area contributed by atoms with Crippen LogP contribution in [-0.2, 0) is 11.8 Å². The Morgan fingerprint density at radius 3 is 2.00 bits per heavy atom. The minimum atomic E-state index is -1.19. The molecule has 1 aromatic heterocycles. The average molecular weight is 499 g/mol. The summed E-state index contributed by atoms with van der Waals surface area (Å²) in [6.45, 7) is 0. The number of aromatic nitrogens is 1. The van der Waals surface area contributed by atoms with Gasteiger partial charge in [0.1, 0.15) is 11.3 Å². The fraction of sp³-hybridized carbons (Fsp3) is 0.172. The molecule has 0 saturated heterocycles. The number of pyridine rings is 1. The molecular formula is C29H26N2O6. The van der Waals surface area contributed by atoms with Crippen molar-refractivity contribution in [1.82, 2.24) is 9.47 Å². The van der Waals surface area contributed by atoms with Gasteiger partial charge >= 0.3 is 5.97 Å². The van der Waals surface area contributed by atoms with Crippen LogP contribution in [0.15, 0.2) is 83.7 Å². The number of carbonyl (C=O) groups is 3.